The maximum absolute atomic E-state index is 12.8. The molecule has 0 saturated carbocycles. The third-order valence-corrected chi connectivity index (χ3v) is 13.3. The van der Waals surface area contributed by atoms with E-state index in [0.29, 0.717) is 24.1 Å². The van der Waals surface area contributed by atoms with Crippen molar-refractivity contribution in [2.45, 2.75) is 277 Å². The molecule has 0 heterocycles. The highest BCUT2D eigenvalue weighted by atomic mass is 31.2. The molecule has 0 radical (unpaired) electrons. The minimum Gasteiger partial charge on any atom is -0.457 e. The molecule has 0 rings (SSSR count). The molecule has 2 unspecified atom stereocenters. The van der Waals surface area contributed by atoms with E-state index >= 15 is 0 Å². The number of carbonyl (C=O) groups is 1. The summed E-state index contributed by atoms with van der Waals surface area (Å²) in [5, 5.41) is 0. The highest BCUT2D eigenvalue weighted by Gasteiger charge is 2.26. The third kappa shape index (κ3) is 52.1. The van der Waals surface area contributed by atoms with Crippen LogP contribution in [0.2, 0.25) is 0 Å². The molecule has 0 amide bonds. The Morgan fingerprint density at radius 3 is 1.21 bits per heavy atom. The molecule has 0 aromatic rings. The van der Waals surface area contributed by atoms with Gasteiger partial charge in [0.25, 0.3) is 0 Å². The van der Waals surface area contributed by atoms with Crippen LogP contribution in [-0.4, -0.2) is 75.6 Å². The van der Waals surface area contributed by atoms with Gasteiger partial charge in [0.15, 0.2) is 0 Å². The van der Waals surface area contributed by atoms with E-state index < -0.39 is 13.9 Å². The fraction of sp³-hybridized carbons (Fsp3) is 0.944. The number of carbonyl (C=O) groups excluding carboxylic acids is 1. The molecule has 0 aliphatic carbocycles. The Hall–Kier alpha value is -0.760. The minimum atomic E-state index is -4.28. The van der Waals surface area contributed by atoms with E-state index in [1.54, 1.807) is 0 Å². The van der Waals surface area contributed by atoms with Crippen molar-refractivity contribution < 1.29 is 37.3 Å². The molecule has 0 aliphatic rings. The number of hydrogen-bond donors (Lipinski definition) is 1. The van der Waals surface area contributed by atoms with Crippen LogP contribution in [-0.2, 0) is 27.9 Å². The van der Waals surface area contributed by atoms with Gasteiger partial charge in [0.2, 0.25) is 0 Å². The monoisotopic (exact) mass is 915 g/mol. The first-order valence-electron chi connectivity index (χ1n) is 27.4. The number of unbranched alkanes of at least 4 members (excludes halogenated alkanes) is 36. The van der Waals surface area contributed by atoms with Crippen molar-refractivity contribution >= 4 is 13.8 Å². The van der Waals surface area contributed by atoms with Crippen molar-refractivity contribution in [2.24, 2.45) is 0 Å². The van der Waals surface area contributed by atoms with Gasteiger partial charge in [-0.1, -0.05) is 238 Å². The maximum atomic E-state index is 12.8. The van der Waals surface area contributed by atoms with Gasteiger partial charge in [-0.25, -0.2) is 4.57 Å². The zero-order valence-corrected chi connectivity index (χ0v) is 43.7. The molecule has 63 heavy (non-hydrogen) atoms. The fourth-order valence-corrected chi connectivity index (χ4v) is 8.82. The molecule has 0 aliphatic heterocycles. The van der Waals surface area contributed by atoms with Crippen LogP contribution in [0.25, 0.3) is 0 Å². The van der Waals surface area contributed by atoms with Gasteiger partial charge in [-0.15, -0.1) is 0 Å². The standard InChI is InChI=1S/C54H108NO7P/c1-6-8-10-12-14-16-18-20-22-24-25-26-27-28-29-30-31-32-34-36-38-40-42-44-46-49-59-51-53(52-61-63(57,58)60-50-48-55(3,4)5)62-54(56)47-45-43-41-39-37-35-33-23-21-19-17-15-13-11-9-7-2/h23,33,53H,6-22,24-32,34-52H2,1-5H3/p+1/b33-23-. The lowest BCUT2D eigenvalue weighted by atomic mass is 10.0. The first-order chi connectivity index (χ1) is 30.6. The SMILES string of the molecule is CCCCCCCCC/C=C\CCCCCCCC(=O)OC(COCCCCCCCCCCCCCCCCCCCCCCCCCCC)COP(=O)(O)OCC[N+](C)(C)C. The second-order valence-electron chi connectivity index (χ2n) is 20.0. The van der Waals surface area contributed by atoms with E-state index in [2.05, 4.69) is 26.0 Å². The van der Waals surface area contributed by atoms with Gasteiger partial charge in [-0.05, 0) is 38.5 Å². The molecule has 0 aromatic carbocycles. The van der Waals surface area contributed by atoms with Gasteiger partial charge in [0.1, 0.15) is 19.3 Å². The summed E-state index contributed by atoms with van der Waals surface area (Å²) in [7, 11) is 1.68. The van der Waals surface area contributed by atoms with E-state index in [-0.39, 0.29) is 25.8 Å². The average molecular weight is 915 g/mol. The molecule has 0 bridgehead atoms. The van der Waals surface area contributed by atoms with E-state index in [9.17, 15) is 14.3 Å². The third-order valence-electron chi connectivity index (χ3n) is 12.3. The van der Waals surface area contributed by atoms with Crippen molar-refractivity contribution in [2.75, 3.05) is 54.1 Å². The first kappa shape index (κ1) is 62.2. The van der Waals surface area contributed by atoms with Gasteiger partial charge < -0.3 is 18.9 Å². The Morgan fingerprint density at radius 1 is 0.476 bits per heavy atom. The smallest absolute Gasteiger partial charge is 0.457 e. The molecule has 0 saturated heterocycles. The molecule has 0 aromatic heterocycles. The number of rotatable bonds is 52. The second kappa shape index (κ2) is 47.7. The number of phosphoric ester groups is 1. The highest BCUT2D eigenvalue weighted by Crippen LogP contribution is 2.43. The van der Waals surface area contributed by atoms with Crippen LogP contribution in [0.5, 0.6) is 0 Å². The van der Waals surface area contributed by atoms with Crippen molar-refractivity contribution in [3.8, 4) is 0 Å². The highest BCUT2D eigenvalue weighted by molar-refractivity contribution is 7.47. The van der Waals surface area contributed by atoms with E-state index in [1.807, 2.05) is 21.1 Å². The summed E-state index contributed by atoms with van der Waals surface area (Å²) < 4.78 is 35.2. The summed E-state index contributed by atoms with van der Waals surface area (Å²) in [6.07, 6.45) is 55.6. The molecule has 0 spiro atoms. The van der Waals surface area contributed by atoms with Crippen molar-refractivity contribution in [1.82, 2.24) is 0 Å². The lowest BCUT2D eigenvalue weighted by Gasteiger charge is -2.24. The van der Waals surface area contributed by atoms with Crippen molar-refractivity contribution in [1.29, 1.82) is 0 Å². The summed E-state index contributed by atoms with van der Waals surface area (Å²) in [6.45, 7) is 5.68. The van der Waals surface area contributed by atoms with Crippen LogP contribution in [0.4, 0.5) is 0 Å². The van der Waals surface area contributed by atoms with Gasteiger partial charge in [0, 0.05) is 13.0 Å². The summed E-state index contributed by atoms with van der Waals surface area (Å²) in [5.41, 5.74) is 0. The number of nitrogens with zero attached hydrogens (tertiary/aromatic N) is 1. The minimum absolute atomic E-state index is 0.0906. The Balaban J connectivity index is 4.02. The normalized spacial score (nSPS) is 13.6. The van der Waals surface area contributed by atoms with Crippen LogP contribution < -0.4 is 0 Å². The molecule has 2 atom stereocenters. The fourth-order valence-electron chi connectivity index (χ4n) is 8.08. The van der Waals surface area contributed by atoms with Crippen LogP contribution in [0.15, 0.2) is 12.2 Å². The summed E-state index contributed by atoms with van der Waals surface area (Å²) in [4.78, 5) is 23.0. The maximum Gasteiger partial charge on any atom is 0.472 e. The Kier molecular flexibility index (Phi) is 47.1. The Morgan fingerprint density at radius 2 is 0.825 bits per heavy atom. The van der Waals surface area contributed by atoms with E-state index in [0.717, 1.165) is 38.5 Å². The van der Waals surface area contributed by atoms with Crippen LogP contribution in [0.3, 0.4) is 0 Å². The topological polar surface area (TPSA) is 91.3 Å². The number of esters is 1. The van der Waals surface area contributed by atoms with Gasteiger partial charge in [-0.3, -0.25) is 13.8 Å². The van der Waals surface area contributed by atoms with Crippen LogP contribution in [0.1, 0.15) is 271 Å². The van der Waals surface area contributed by atoms with Crippen molar-refractivity contribution in [3.05, 3.63) is 12.2 Å². The summed E-state index contributed by atoms with van der Waals surface area (Å²) in [6, 6.07) is 0. The molecule has 376 valence electrons. The zero-order chi connectivity index (χ0) is 46.2. The number of hydrogen-bond acceptors (Lipinski definition) is 6. The predicted octanol–water partition coefficient (Wildman–Crippen LogP) is 17.0. The number of quaternary nitrogens is 1. The van der Waals surface area contributed by atoms with Gasteiger partial charge in [0.05, 0.1) is 34.4 Å². The van der Waals surface area contributed by atoms with Gasteiger partial charge >= 0.3 is 13.8 Å². The van der Waals surface area contributed by atoms with Crippen LogP contribution >= 0.6 is 7.82 Å². The molecule has 1 N–H and O–H groups in total. The first-order valence-corrected chi connectivity index (χ1v) is 28.9. The largest absolute Gasteiger partial charge is 0.472 e. The summed E-state index contributed by atoms with van der Waals surface area (Å²) >= 11 is 0. The molecular formula is C54H109NO7P+. The second-order valence-corrected chi connectivity index (χ2v) is 21.4. The lowest BCUT2D eigenvalue weighted by molar-refractivity contribution is -0.870. The zero-order valence-electron chi connectivity index (χ0n) is 42.8. The molecular weight excluding hydrogens is 806 g/mol. The Labute approximate surface area is 392 Å². The number of allylic oxidation sites excluding steroid dienone is 2. The number of likely N-dealkylation sites (N-methyl/N-ethyl adjacent to an activating group) is 1. The van der Waals surface area contributed by atoms with E-state index in [4.69, 9.17) is 18.5 Å². The molecule has 8 nitrogen and oxygen atoms in total. The van der Waals surface area contributed by atoms with Crippen LogP contribution in [0, 0.1) is 0 Å². The quantitative estimate of drug-likeness (QED) is 0.0214. The number of phosphoric acid groups is 1. The lowest BCUT2D eigenvalue weighted by Crippen LogP contribution is -2.37. The summed E-state index contributed by atoms with van der Waals surface area (Å²) in [5.74, 6) is -0.316. The Bertz CT molecular complexity index is 1020. The average Bonchev–Trinajstić information content (AvgIpc) is 3.24. The van der Waals surface area contributed by atoms with Gasteiger partial charge in [-0.2, -0.15) is 0 Å². The number of ether oxygens (including phenoxy) is 2. The predicted molar refractivity (Wildman–Crippen MR) is 270 cm³/mol. The molecule has 9 heteroatoms. The van der Waals surface area contributed by atoms with E-state index in [1.165, 1.54) is 212 Å². The van der Waals surface area contributed by atoms with Crippen molar-refractivity contribution in [3.63, 3.8) is 0 Å². The molecule has 0 fully saturated rings.